The number of halogens is 2. The molecule has 35 heavy (non-hydrogen) atoms. The number of aliphatic hydroxyl groups excluding tert-OH is 2. The van der Waals surface area contributed by atoms with Gasteiger partial charge < -0.3 is 14.8 Å². The molecule has 0 aliphatic heterocycles. The Morgan fingerprint density at radius 2 is 1.89 bits per heavy atom. The Kier molecular flexibility index (Phi) is 6.21. The molecule has 0 spiro atoms. The number of nitrogens with one attached hydrogen (secondary N) is 1. The zero-order chi connectivity index (χ0) is 24.5. The molecule has 5 aromatic rings. The van der Waals surface area contributed by atoms with Gasteiger partial charge in [-0.3, -0.25) is 14.6 Å². The highest BCUT2D eigenvalue weighted by atomic mass is 35.5. The summed E-state index contributed by atoms with van der Waals surface area (Å²) in [7, 11) is 0. The van der Waals surface area contributed by atoms with Crippen molar-refractivity contribution >= 4 is 22.5 Å². The Morgan fingerprint density at radius 1 is 1.06 bits per heavy atom. The van der Waals surface area contributed by atoms with Gasteiger partial charge in [0.05, 0.1) is 42.5 Å². The van der Waals surface area contributed by atoms with E-state index in [1.165, 1.54) is 28.8 Å². The van der Waals surface area contributed by atoms with E-state index in [4.69, 9.17) is 16.7 Å². The summed E-state index contributed by atoms with van der Waals surface area (Å²) in [5, 5.41) is 31.5. The maximum atomic E-state index is 13.6. The van der Waals surface area contributed by atoms with Crippen LogP contribution in [0, 0.1) is 5.82 Å². The van der Waals surface area contributed by atoms with Gasteiger partial charge >= 0.3 is 0 Å². The Labute approximate surface area is 203 Å². The molecular weight excluding hydrogens is 473 g/mol. The lowest BCUT2D eigenvalue weighted by Crippen LogP contribution is -2.26. The van der Waals surface area contributed by atoms with Gasteiger partial charge in [-0.05, 0) is 47.0 Å². The van der Waals surface area contributed by atoms with E-state index in [0.717, 1.165) is 22.0 Å². The van der Waals surface area contributed by atoms with Crippen LogP contribution >= 0.6 is 11.6 Å². The predicted molar refractivity (Wildman–Crippen MR) is 131 cm³/mol. The molecule has 0 bridgehead atoms. The lowest BCUT2D eigenvalue weighted by atomic mass is 10.0. The van der Waals surface area contributed by atoms with Crippen molar-refractivity contribution in [1.29, 1.82) is 0 Å². The minimum atomic E-state index is -0.701. The number of benzene rings is 2. The Bertz CT molecular complexity index is 1580. The Balaban J connectivity index is 1.50. The quantitative estimate of drug-likeness (QED) is 0.321. The predicted octanol–water partition coefficient (Wildman–Crippen LogP) is 3.62. The molecule has 5 rings (SSSR count). The second kappa shape index (κ2) is 9.46. The van der Waals surface area contributed by atoms with Crippen molar-refractivity contribution < 1.29 is 14.6 Å². The zero-order valence-electron chi connectivity index (χ0n) is 18.4. The molecule has 0 saturated carbocycles. The second-order valence-electron chi connectivity index (χ2n) is 8.08. The summed E-state index contributed by atoms with van der Waals surface area (Å²) in [6.45, 7) is 0.0296. The molecular formula is C25H21ClFN5O3. The third-order valence-electron chi connectivity index (χ3n) is 5.92. The number of hydrogen-bond acceptors (Lipinski definition) is 5. The van der Waals surface area contributed by atoms with Gasteiger partial charge in [0.25, 0.3) is 5.56 Å². The van der Waals surface area contributed by atoms with Crippen molar-refractivity contribution in [3.63, 3.8) is 0 Å². The molecule has 1 unspecified atom stereocenters. The van der Waals surface area contributed by atoms with E-state index in [9.17, 15) is 14.3 Å². The molecule has 0 radical (unpaired) electrons. The normalized spacial score (nSPS) is 12.3. The van der Waals surface area contributed by atoms with Crippen molar-refractivity contribution in [2.45, 2.75) is 12.6 Å². The Morgan fingerprint density at radius 3 is 2.63 bits per heavy atom. The monoisotopic (exact) mass is 493 g/mol. The highest BCUT2D eigenvalue weighted by Gasteiger charge is 2.17. The van der Waals surface area contributed by atoms with E-state index in [0.29, 0.717) is 23.4 Å². The van der Waals surface area contributed by atoms with Gasteiger partial charge in [0.1, 0.15) is 11.5 Å². The molecule has 0 saturated heterocycles. The van der Waals surface area contributed by atoms with Crippen LogP contribution in [0.2, 0.25) is 5.02 Å². The molecule has 0 aliphatic carbocycles. The van der Waals surface area contributed by atoms with Gasteiger partial charge in [0.15, 0.2) is 0 Å². The molecule has 0 aliphatic rings. The molecule has 8 nitrogen and oxygen atoms in total. The van der Waals surface area contributed by atoms with Gasteiger partial charge in [-0.15, -0.1) is 0 Å². The van der Waals surface area contributed by atoms with Gasteiger partial charge in [-0.25, -0.2) is 4.39 Å². The highest BCUT2D eigenvalue weighted by molar-refractivity contribution is 6.30. The number of nitrogens with zero attached hydrogens (tertiary/aromatic N) is 4. The minimum Gasteiger partial charge on any atom is -0.394 e. The second-order valence-corrected chi connectivity index (χ2v) is 8.49. The van der Waals surface area contributed by atoms with E-state index in [1.54, 1.807) is 23.1 Å². The van der Waals surface area contributed by atoms with Crippen LogP contribution in [0.4, 0.5) is 4.39 Å². The molecule has 1 atom stereocenters. The van der Waals surface area contributed by atoms with Crippen molar-refractivity contribution in [2.75, 3.05) is 13.2 Å². The van der Waals surface area contributed by atoms with Crippen LogP contribution in [0.3, 0.4) is 0 Å². The van der Waals surface area contributed by atoms with Gasteiger partial charge in [-0.2, -0.15) is 10.2 Å². The number of rotatable bonds is 7. The summed E-state index contributed by atoms with van der Waals surface area (Å²) >= 11 is 5.89. The topological polar surface area (TPSA) is 109 Å². The van der Waals surface area contributed by atoms with Crippen LogP contribution in [0.15, 0.2) is 71.9 Å². The first-order valence-electron chi connectivity index (χ1n) is 10.9. The maximum Gasteiger partial charge on any atom is 0.251 e. The molecule has 0 amide bonds. The van der Waals surface area contributed by atoms with E-state index < -0.39 is 11.9 Å². The number of aromatic amines is 1. The fourth-order valence-corrected chi connectivity index (χ4v) is 4.31. The van der Waals surface area contributed by atoms with Gasteiger partial charge in [0, 0.05) is 29.4 Å². The van der Waals surface area contributed by atoms with Crippen molar-refractivity contribution in [3.8, 4) is 22.4 Å². The average Bonchev–Trinajstić information content (AvgIpc) is 3.49. The minimum absolute atomic E-state index is 0.0105. The van der Waals surface area contributed by atoms with Crippen LogP contribution in [-0.2, 0) is 6.54 Å². The van der Waals surface area contributed by atoms with E-state index in [2.05, 4.69) is 15.3 Å². The average molecular weight is 494 g/mol. The molecule has 3 heterocycles. The summed E-state index contributed by atoms with van der Waals surface area (Å²) in [5.74, 6) is -0.565. The first-order chi connectivity index (χ1) is 17.0. The van der Waals surface area contributed by atoms with Crippen molar-refractivity contribution in [3.05, 3.63) is 93.9 Å². The van der Waals surface area contributed by atoms with Crippen molar-refractivity contribution in [2.24, 2.45) is 0 Å². The summed E-state index contributed by atoms with van der Waals surface area (Å²) < 4.78 is 16.6. The number of fused-ring (bicyclic) bond motifs is 1. The van der Waals surface area contributed by atoms with Gasteiger partial charge in [-0.1, -0.05) is 23.7 Å². The number of aliphatic hydroxyl groups is 2. The first kappa shape index (κ1) is 23.0. The number of H-pyrrole nitrogens is 1. The molecule has 3 aromatic heterocycles. The van der Waals surface area contributed by atoms with Gasteiger partial charge in [0.2, 0.25) is 0 Å². The fraction of sp³-hybridized carbons (Fsp3) is 0.160. The van der Waals surface area contributed by atoms with Crippen LogP contribution < -0.4 is 5.56 Å². The van der Waals surface area contributed by atoms with E-state index in [1.807, 2.05) is 24.4 Å². The number of aromatic nitrogens is 5. The smallest absolute Gasteiger partial charge is 0.251 e. The highest BCUT2D eigenvalue weighted by Crippen LogP contribution is 2.30. The van der Waals surface area contributed by atoms with E-state index >= 15 is 0 Å². The maximum absolute atomic E-state index is 13.6. The van der Waals surface area contributed by atoms with Crippen LogP contribution in [0.5, 0.6) is 0 Å². The zero-order valence-corrected chi connectivity index (χ0v) is 19.2. The largest absolute Gasteiger partial charge is 0.394 e. The van der Waals surface area contributed by atoms with Crippen LogP contribution in [0.25, 0.3) is 33.3 Å². The molecule has 3 N–H and O–H groups in total. The van der Waals surface area contributed by atoms with Crippen LogP contribution in [0.1, 0.15) is 11.6 Å². The Hall–Kier alpha value is -3.79. The molecule has 2 aromatic carbocycles. The van der Waals surface area contributed by atoms with Crippen LogP contribution in [-0.4, -0.2) is 48.0 Å². The third kappa shape index (κ3) is 4.37. The summed E-state index contributed by atoms with van der Waals surface area (Å²) in [6.07, 6.45) is 5.11. The van der Waals surface area contributed by atoms with Crippen molar-refractivity contribution in [1.82, 2.24) is 24.5 Å². The third-order valence-corrected chi connectivity index (χ3v) is 6.21. The SMILES string of the molecule is O=c1cc(-c2ccc3[nH]nc(-c4cnn(CCO)c4)c3c2)ccn1C(CO)c1ccc(F)c(Cl)c1. The summed E-state index contributed by atoms with van der Waals surface area (Å²) in [5.41, 5.74) is 4.08. The summed E-state index contributed by atoms with van der Waals surface area (Å²) in [6, 6.07) is 12.4. The number of hydrogen-bond donors (Lipinski definition) is 3. The fourth-order valence-electron chi connectivity index (χ4n) is 4.12. The molecule has 0 fully saturated rings. The lowest BCUT2D eigenvalue weighted by molar-refractivity contribution is 0.247. The summed E-state index contributed by atoms with van der Waals surface area (Å²) in [4.78, 5) is 13.0. The first-order valence-corrected chi connectivity index (χ1v) is 11.3. The molecule has 10 heteroatoms. The lowest BCUT2D eigenvalue weighted by Gasteiger charge is -2.19. The van der Waals surface area contributed by atoms with E-state index in [-0.39, 0.29) is 23.8 Å². The molecule has 178 valence electrons. The standard InChI is InChI=1S/C25H21ClFN5O3/c26-20-10-17(1-3-21(20)27)23(14-34)32-6-5-16(11-24(32)35)15-2-4-22-19(9-15)25(30-29-22)18-12-28-31(13-18)7-8-33/h1-6,9-13,23,33-34H,7-8,14H2,(H,29,30). The number of pyridine rings is 1.